The molecule has 0 unspecified atom stereocenters. The van der Waals surface area contributed by atoms with Crippen molar-refractivity contribution < 1.29 is 18.0 Å². The molecule has 0 saturated carbocycles. The van der Waals surface area contributed by atoms with E-state index in [1.54, 1.807) is 37.3 Å². The second kappa shape index (κ2) is 7.30. The summed E-state index contributed by atoms with van der Waals surface area (Å²) in [4.78, 5) is 12.7. The summed E-state index contributed by atoms with van der Waals surface area (Å²) in [6.45, 7) is 5.62. The van der Waals surface area contributed by atoms with Gasteiger partial charge in [-0.3, -0.25) is 4.79 Å². The number of carbonyl (C=O) groups excluding carboxylic acids is 1. The van der Waals surface area contributed by atoms with Crippen LogP contribution in [-0.2, 0) is 13.2 Å². The lowest BCUT2D eigenvalue weighted by Crippen LogP contribution is -2.12. The van der Waals surface area contributed by atoms with E-state index < -0.39 is 11.9 Å². The first kappa shape index (κ1) is 20.7. The summed E-state index contributed by atoms with van der Waals surface area (Å²) in [5, 5.41) is 7.49. The molecule has 0 spiro atoms. The third-order valence-electron chi connectivity index (χ3n) is 5.62. The van der Waals surface area contributed by atoms with E-state index in [0.717, 1.165) is 28.2 Å². The maximum atomic E-state index is 12.9. The number of benzene rings is 2. The topological polar surface area (TPSA) is 51.9 Å². The molecule has 0 aliphatic heterocycles. The van der Waals surface area contributed by atoms with Gasteiger partial charge in [-0.1, -0.05) is 0 Å². The van der Waals surface area contributed by atoms with E-state index in [1.165, 1.54) is 4.68 Å². The molecule has 1 amide bonds. The van der Waals surface area contributed by atoms with E-state index in [-0.39, 0.29) is 5.91 Å². The van der Waals surface area contributed by atoms with Crippen LogP contribution in [0.4, 0.5) is 18.9 Å². The van der Waals surface area contributed by atoms with Crippen LogP contribution >= 0.6 is 0 Å². The molecule has 0 aliphatic rings. The summed E-state index contributed by atoms with van der Waals surface area (Å²) in [7, 11) is 1.99. The van der Waals surface area contributed by atoms with Gasteiger partial charge in [-0.15, -0.1) is 0 Å². The van der Waals surface area contributed by atoms with Gasteiger partial charge in [-0.05, 0) is 74.9 Å². The average molecular weight is 426 g/mol. The second-order valence-corrected chi connectivity index (χ2v) is 7.58. The van der Waals surface area contributed by atoms with Gasteiger partial charge >= 0.3 is 6.18 Å². The van der Waals surface area contributed by atoms with Gasteiger partial charge in [-0.25, -0.2) is 4.68 Å². The van der Waals surface area contributed by atoms with E-state index in [0.29, 0.717) is 22.6 Å². The highest BCUT2D eigenvalue weighted by atomic mass is 19.4. The lowest BCUT2D eigenvalue weighted by atomic mass is 10.1. The molecule has 2 heterocycles. The molecular formula is C23H21F3N4O. The van der Waals surface area contributed by atoms with Crippen LogP contribution in [0.5, 0.6) is 0 Å². The molecule has 0 atom stereocenters. The third-order valence-corrected chi connectivity index (χ3v) is 5.62. The van der Waals surface area contributed by atoms with Gasteiger partial charge < -0.3 is 9.88 Å². The number of aryl methyl sites for hydroxylation is 3. The third kappa shape index (κ3) is 3.69. The number of hydrogen-bond acceptors (Lipinski definition) is 2. The van der Waals surface area contributed by atoms with Crippen molar-refractivity contribution in [3.8, 4) is 5.69 Å². The van der Waals surface area contributed by atoms with Crippen molar-refractivity contribution in [1.82, 2.24) is 14.3 Å². The Bertz CT molecular complexity index is 1300. The number of hydrogen-bond donors (Lipinski definition) is 1. The Morgan fingerprint density at radius 3 is 2.29 bits per heavy atom. The molecule has 1 N–H and O–H groups in total. The zero-order chi connectivity index (χ0) is 22.5. The smallest absolute Gasteiger partial charge is 0.348 e. The molecule has 0 fully saturated rings. The summed E-state index contributed by atoms with van der Waals surface area (Å²) < 4.78 is 42.0. The minimum Gasteiger partial charge on any atom is -0.348 e. The highest BCUT2D eigenvalue weighted by Crippen LogP contribution is 2.30. The van der Waals surface area contributed by atoms with Crippen molar-refractivity contribution in [2.24, 2.45) is 7.05 Å². The van der Waals surface area contributed by atoms with Crippen molar-refractivity contribution in [2.45, 2.75) is 26.9 Å². The number of halogens is 3. The van der Waals surface area contributed by atoms with Crippen LogP contribution in [-0.4, -0.2) is 20.3 Å². The van der Waals surface area contributed by atoms with Gasteiger partial charge in [-0.2, -0.15) is 18.3 Å². The number of nitrogens with zero attached hydrogens (tertiary/aromatic N) is 3. The Balaban J connectivity index is 1.56. The van der Waals surface area contributed by atoms with Gasteiger partial charge in [0.15, 0.2) is 5.69 Å². The van der Waals surface area contributed by atoms with Crippen LogP contribution in [0, 0.1) is 20.8 Å². The maximum absolute atomic E-state index is 12.9. The number of carbonyl (C=O) groups is 1. The molecular weight excluding hydrogens is 405 g/mol. The molecule has 160 valence electrons. The van der Waals surface area contributed by atoms with Crippen molar-refractivity contribution in [3.63, 3.8) is 0 Å². The standard InChI is InChI=1S/C23H21F3N4O/c1-13-11-21(23(24,25)26)28-30(13)18-8-6-17(7-9-18)27-22(31)16-5-10-20-19(12-16)14(2)15(3)29(20)4/h5-12H,1-4H3,(H,27,31). The van der Waals surface area contributed by atoms with Crippen molar-refractivity contribution in [2.75, 3.05) is 5.32 Å². The summed E-state index contributed by atoms with van der Waals surface area (Å²) >= 11 is 0. The minimum absolute atomic E-state index is 0.259. The van der Waals surface area contributed by atoms with Crippen LogP contribution in [0.15, 0.2) is 48.5 Å². The molecule has 8 heteroatoms. The number of alkyl halides is 3. The molecule has 2 aromatic carbocycles. The molecule has 0 bridgehead atoms. The lowest BCUT2D eigenvalue weighted by Gasteiger charge is -2.09. The first-order valence-corrected chi connectivity index (χ1v) is 9.67. The Hall–Kier alpha value is -3.55. The van der Waals surface area contributed by atoms with E-state index >= 15 is 0 Å². The predicted molar refractivity (Wildman–Crippen MR) is 114 cm³/mol. The highest BCUT2D eigenvalue weighted by molar-refractivity contribution is 6.06. The van der Waals surface area contributed by atoms with E-state index in [4.69, 9.17) is 0 Å². The van der Waals surface area contributed by atoms with E-state index in [9.17, 15) is 18.0 Å². The predicted octanol–water partition coefficient (Wildman–Crippen LogP) is 5.56. The minimum atomic E-state index is -4.50. The first-order chi connectivity index (χ1) is 14.6. The second-order valence-electron chi connectivity index (χ2n) is 7.58. The number of aromatic nitrogens is 3. The Morgan fingerprint density at radius 1 is 1.00 bits per heavy atom. The molecule has 0 saturated heterocycles. The quantitative estimate of drug-likeness (QED) is 0.466. The molecule has 2 aromatic heterocycles. The van der Waals surface area contributed by atoms with E-state index in [1.807, 2.05) is 33.0 Å². The van der Waals surface area contributed by atoms with Gasteiger partial charge in [0, 0.05) is 40.6 Å². The SMILES string of the molecule is Cc1c(C)n(C)c2ccc(C(=O)Nc3ccc(-n4nc(C(F)(F)F)cc4C)cc3)cc12. The molecule has 0 radical (unpaired) electrons. The van der Waals surface area contributed by atoms with E-state index in [2.05, 4.69) is 15.0 Å². The maximum Gasteiger partial charge on any atom is 0.435 e. The number of amides is 1. The van der Waals surface area contributed by atoms with Crippen molar-refractivity contribution in [1.29, 1.82) is 0 Å². The normalized spacial score (nSPS) is 11.8. The Kier molecular flexibility index (Phi) is 4.88. The zero-order valence-corrected chi connectivity index (χ0v) is 17.5. The average Bonchev–Trinajstić information content (AvgIpc) is 3.22. The molecule has 31 heavy (non-hydrogen) atoms. The number of fused-ring (bicyclic) bond motifs is 1. The fourth-order valence-electron chi connectivity index (χ4n) is 3.66. The van der Waals surface area contributed by atoms with Crippen molar-refractivity contribution >= 4 is 22.5 Å². The number of nitrogens with one attached hydrogen (secondary N) is 1. The summed E-state index contributed by atoms with van der Waals surface area (Å²) in [6.07, 6.45) is -4.50. The van der Waals surface area contributed by atoms with Crippen LogP contribution < -0.4 is 5.32 Å². The zero-order valence-electron chi connectivity index (χ0n) is 17.5. The fourth-order valence-corrected chi connectivity index (χ4v) is 3.66. The largest absolute Gasteiger partial charge is 0.435 e. The van der Waals surface area contributed by atoms with Crippen LogP contribution in [0.3, 0.4) is 0 Å². The summed E-state index contributed by atoms with van der Waals surface area (Å²) in [5.41, 5.74) is 4.30. The highest BCUT2D eigenvalue weighted by Gasteiger charge is 2.34. The van der Waals surface area contributed by atoms with Crippen LogP contribution in [0.1, 0.15) is 33.0 Å². The van der Waals surface area contributed by atoms with Crippen LogP contribution in [0.25, 0.3) is 16.6 Å². The molecule has 4 aromatic rings. The molecule has 5 nitrogen and oxygen atoms in total. The number of anilines is 1. The Morgan fingerprint density at radius 2 is 1.68 bits per heavy atom. The van der Waals surface area contributed by atoms with Crippen LogP contribution in [0.2, 0.25) is 0 Å². The summed E-state index contributed by atoms with van der Waals surface area (Å²) in [6, 6.07) is 13.1. The van der Waals surface area contributed by atoms with Crippen molar-refractivity contribution in [3.05, 3.63) is 76.7 Å². The van der Waals surface area contributed by atoms with Gasteiger partial charge in [0.25, 0.3) is 5.91 Å². The number of rotatable bonds is 3. The lowest BCUT2D eigenvalue weighted by molar-refractivity contribution is -0.141. The monoisotopic (exact) mass is 426 g/mol. The molecule has 4 rings (SSSR count). The Labute approximate surface area is 177 Å². The fraction of sp³-hybridized carbons (Fsp3) is 0.217. The van der Waals surface area contributed by atoms with Gasteiger partial charge in [0.1, 0.15) is 0 Å². The summed E-state index contributed by atoms with van der Waals surface area (Å²) in [5.74, 6) is -0.259. The first-order valence-electron chi connectivity index (χ1n) is 9.67. The van der Waals surface area contributed by atoms with Gasteiger partial charge in [0.2, 0.25) is 0 Å². The molecule has 0 aliphatic carbocycles. The van der Waals surface area contributed by atoms with Gasteiger partial charge in [0.05, 0.1) is 5.69 Å².